The molecule has 1 aromatic heterocycles. The highest BCUT2D eigenvalue weighted by atomic mass is 32.1. The summed E-state index contributed by atoms with van der Waals surface area (Å²) in [6.45, 7) is 2.07. The van der Waals surface area contributed by atoms with Crippen LogP contribution in [0.1, 0.15) is 49.4 Å². The standard InChI is InChI=1S/C15H22N2OS/c18-15(8-7-12-4-1-9-16-12)17-10-2-5-13(17)14-6-3-11-19-14/h3,6,11-13,16H,1-2,4-5,7-10H2. The first-order valence-corrected chi connectivity index (χ1v) is 8.29. The molecular formula is C15H22N2OS. The minimum absolute atomic E-state index is 0.351. The largest absolute Gasteiger partial charge is 0.335 e. The van der Waals surface area contributed by atoms with E-state index < -0.39 is 0 Å². The molecule has 2 fully saturated rings. The van der Waals surface area contributed by atoms with Gasteiger partial charge in [0.1, 0.15) is 0 Å². The Morgan fingerprint density at radius 2 is 2.37 bits per heavy atom. The first kappa shape index (κ1) is 13.1. The second kappa shape index (κ2) is 6.06. The smallest absolute Gasteiger partial charge is 0.223 e. The minimum atomic E-state index is 0.351. The van der Waals surface area contributed by atoms with Crippen LogP contribution in [0.15, 0.2) is 17.5 Å². The molecule has 1 amide bonds. The van der Waals surface area contributed by atoms with Crippen LogP contribution in [-0.2, 0) is 4.79 Å². The molecule has 0 spiro atoms. The van der Waals surface area contributed by atoms with Gasteiger partial charge in [0.05, 0.1) is 6.04 Å². The predicted octanol–water partition coefficient (Wildman–Crippen LogP) is 2.94. The topological polar surface area (TPSA) is 32.3 Å². The molecule has 0 aromatic carbocycles. The third kappa shape index (κ3) is 3.00. The van der Waals surface area contributed by atoms with Crippen molar-refractivity contribution in [1.29, 1.82) is 0 Å². The van der Waals surface area contributed by atoms with Crippen LogP contribution in [0.5, 0.6) is 0 Å². The lowest BCUT2D eigenvalue weighted by molar-refractivity contribution is -0.132. The molecule has 0 bridgehead atoms. The summed E-state index contributed by atoms with van der Waals surface area (Å²) in [6, 6.07) is 5.18. The van der Waals surface area contributed by atoms with E-state index in [0.29, 0.717) is 24.4 Å². The van der Waals surface area contributed by atoms with E-state index >= 15 is 0 Å². The first-order valence-electron chi connectivity index (χ1n) is 7.41. The Morgan fingerprint density at radius 3 is 3.11 bits per heavy atom. The molecule has 19 heavy (non-hydrogen) atoms. The maximum Gasteiger partial charge on any atom is 0.223 e. The normalized spacial score (nSPS) is 27.1. The van der Waals surface area contributed by atoms with Crippen molar-refractivity contribution in [1.82, 2.24) is 10.2 Å². The fourth-order valence-corrected chi connectivity index (χ4v) is 4.16. The van der Waals surface area contributed by atoms with E-state index in [4.69, 9.17) is 0 Å². The van der Waals surface area contributed by atoms with Gasteiger partial charge in [-0.25, -0.2) is 0 Å². The molecular weight excluding hydrogens is 256 g/mol. The summed E-state index contributed by atoms with van der Waals surface area (Å²) in [4.78, 5) is 15.9. The molecule has 2 unspecified atom stereocenters. The first-order chi connectivity index (χ1) is 9.34. The Morgan fingerprint density at radius 1 is 1.42 bits per heavy atom. The fourth-order valence-electron chi connectivity index (χ4n) is 3.29. The fraction of sp³-hybridized carbons (Fsp3) is 0.667. The van der Waals surface area contributed by atoms with Gasteiger partial charge in [-0.2, -0.15) is 0 Å². The van der Waals surface area contributed by atoms with E-state index in [1.807, 2.05) is 0 Å². The third-order valence-corrected chi connectivity index (χ3v) is 5.29. The lowest BCUT2D eigenvalue weighted by Gasteiger charge is -2.24. The molecule has 2 atom stereocenters. The van der Waals surface area contributed by atoms with Gasteiger partial charge in [0.2, 0.25) is 5.91 Å². The molecule has 2 saturated heterocycles. The van der Waals surface area contributed by atoms with E-state index in [1.165, 1.54) is 17.7 Å². The summed E-state index contributed by atoms with van der Waals surface area (Å²) >= 11 is 1.78. The Bertz CT molecular complexity index is 412. The maximum absolute atomic E-state index is 12.4. The number of hydrogen-bond acceptors (Lipinski definition) is 3. The lowest BCUT2D eigenvalue weighted by Crippen LogP contribution is -2.31. The molecule has 4 heteroatoms. The van der Waals surface area contributed by atoms with Crippen molar-refractivity contribution < 1.29 is 4.79 Å². The Labute approximate surface area is 119 Å². The van der Waals surface area contributed by atoms with Gasteiger partial charge in [-0.3, -0.25) is 4.79 Å². The number of carbonyl (C=O) groups is 1. The van der Waals surface area contributed by atoms with Crippen molar-refractivity contribution in [3.63, 3.8) is 0 Å². The van der Waals surface area contributed by atoms with Crippen molar-refractivity contribution in [2.75, 3.05) is 13.1 Å². The molecule has 0 radical (unpaired) electrons. The quantitative estimate of drug-likeness (QED) is 0.918. The van der Waals surface area contributed by atoms with E-state index in [1.54, 1.807) is 11.3 Å². The van der Waals surface area contributed by atoms with Crippen molar-refractivity contribution >= 4 is 17.2 Å². The molecule has 2 aliphatic rings. The van der Waals surface area contributed by atoms with Gasteiger partial charge < -0.3 is 10.2 Å². The summed E-state index contributed by atoms with van der Waals surface area (Å²) in [5.41, 5.74) is 0. The average Bonchev–Trinajstić information content (AvgIpc) is 3.14. The van der Waals surface area contributed by atoms with Crippen LogP contribution in [0.2, 0.25) is 0 Å². The lowest BCUT2D eigenvalue weighted by atomic mass is 10.1. The van der Waals surface area contributed by atoms with Gasteiger partial charge in [-0.05, 0) is 50.1 Å². The summed E-state index contributed by atoms with van der Waals surface area (Å²) in [5, 5.41) is 5.58. The molecule has 3 heterocycles. The monoisotopic (exact) mass is 278 g/mol. The molecule has 3 nitrogen and oxygen atoms in total. The molecule has 2 aliphatic heterocycles. The van der Waals surface area contributed by atoms with Crippen molar-refractivity contribution in [3.05, 3.63) is 22.4 Å². The summed E-state index contributed by atoms with van der Waals surface area (Å²) in [6.07, 6.45) is 6.50. The van der Waals surface area contributed by atoms with Crippen LogP contribution >= 0.6 is 11.3 Å². The Balaban J connectivity index is 1.56. The number of hydrogen-bond donors (Lipinski definition) is 1. The number of carbonyl (C=O) groups excluding carboxylic acids is 1. The van der Waals surface area contributed by atoms with Crippen molar-refractivity contribution in [2.24, 2.45) is 0 Å². The van der Waals surface area contributed by atoms with E-state index in [0.717, 1.165) is 32.4 Å². The SMILES string of the molecule is O=C(CCC1CCCN1)N1CCCC1c1cccs1. The molecule has 1 N–H and O–H groups in total. The van der Waals surface area contributed by atoms with Crippen molar-refractivity contribution in [3.8, 4) is 0 Å². The highest BCUT2D eigenvalue weighted by Crippen LogP contribution is 2.35. The van der Waals surface area contributed by atoms with Crippen LogP contribution in [0, 0.1) is 0 Å². The average molecular weight is 278 g/mol. The Hall–Kier alpha value is -0.870. The van der Waals surface area contributed by atoms with Crippen LogP contribution in [0.25, 0.3) is 0 Å². The zero-order chi connectivity index (χ0) is 13.1. The second-order valence-corrected chi connectivity index (χ2v) is 6.57. The number of rotatable bonds is 4. The number of nitrogens with zero attached hydrogens (tertiary/aromatic N) is 1. The highest BCUT2D eigenvalue weighted by molar-refractivity contribution is 7.10. The van der Waals surface area contributed by atoms with Gasteiger partial charge in [0, 0.05) is 23.9 Å². The van der Waals surface area contributed by atoms with Gasteiger partial charge >= 0.3 is 0 Å². The van der Waals surface area contributed by atoms with Crippen molar-refractivity contribution in [2.45, 2.75) is 50.6 Å². The third-order valence-electron chi connectivity index (χ3n) is 4.31. The van der Waals surface area contributed by atoms with Crippen LogP contribution in [0.4, 0.5) is 0 Å². The number of thiophene rings is 1. The van der Waals surface area contributed by atoms with E-state index in [9.17, 15) is 4.79 Å². The zero-order valence-electron chi connectivity index (χ0n) is 11.3. The van der Waals surface area contributed by atoms with Crippen LogP contribution in [-0.4, -0.2) is 29.9 Å². The summed E-state index contributed by atoms with van der Waals surface area (Å²) < 4.78 is 0. The minimum Gasteiger partial charge on any atom is -0.335 e. The summed E-state index contributed by atoms with van der Waals surface area (Å²) in [5.74, 6) is 0.351. The Kier molecular flexibility index (Phi) is 4.18. The van der Waals surface area contributed by atoms with Gasteiger partial charge in [-0.1, -0.05) is 6.07 Å². The molecule has 3 rings (SSSR count). The number of amides is 1. The molecule has 0 saturated carbocycles. The maximum atomic E-state index is 12.4. The molecule has 1 aromatic rings. The second-order valence-electron chi connectivity index (χ2n) is 5.59. The van der Waals surface area contributed by atoms with Crippen LogP contribution < -0.4 is 5.32 Å². The number of likely N-dealkylation sites (tertiary alicyclic amines) is 1. The van der Waals surface area contributed by atoms with E-state index in [2.05, 4.69) is 27.7 Å². The highest BCUT2D eigenvalue weighted by Gasteiger charge is 2.30. The summed E-state index contributed by atoms with van der Waals surface area (Å²) in [7, 11) is 0. The molecule has 104 valence electrons. The molecule has 0 aliphatic carbocycles. The van der Waals surface area contributed by atoms with Gasteiger partial charge in [0.25, 0.3) is 0 Å². The predicted molar refractivity (Wildman–Crippen MR) is 78.3 cm³/mol. The van der Waals surface area contributed by atoms with E-state index in [-0.39, 0.29) is 0 Å². The van der Waals surface area contributed by atoms with Crippen LogP contribution in [0.3, 0.4) is 0 Å². The zero-order valence-corrected chi connectivity index (χ0v) is 12.1. The van der Waals surface area contributed by atoms with Gasteiger partial charge in [0.15, 0.2) is 0 Å². The van der Waals surface area contributed by atoms with Gasteiger partial charge in [-0.15, -0.1) is 11.3 Å². The number of nitrogens with one attached hydrogen (secondary N) is 1.